The summed E-state index contributed by atoms with van der Waals surface area (Å²) in [6, 6.07) is 0. The minimum absolute atomic E-state index is 0.00339. The van der Waals surface area contributed by atoms with Crippen molar-refractivity contribution in [2.75, 3.05) is 19.0 Å². The lowest BCUT2D eigenvalue weighted by atomic mass is 10.2. The Bertz CT molecular complexity index is 699. The Labute approximate surface area is 161 Å². The highest BCUT2D eigenvalue weighted by molar-refractivity contribution is 8.10. The van der Waals surface area contributed by atoms with Crippen LogP contribution in [0.1, 0.15) is 52.9 Å². The third-order valence-electron chi connectivity index (χ3n) is 3.70. The van der Waals surface area contributed by atoms with Crippen molar-refractivity contribution < 1.29 is 17.5 Å². The van der Waals surface area contributed by atoms with Crippen molar-refractivity contribution in [3.8, 4) is 5.88 Å². The Morgan fingerprint density at radius 3 is 2.40 bits per heavy atom. The van der Waals surface area contributed by atoms with Crippen molar-refractivity contribution in [3.63, 3.8) is 0 Å². The number of sulfone groups is 1. The van der Waals surface area contributed by atoms with Gasteiger partial charge in [0.25, 0.3) is 5.88 Å². The molecule has 0 aromatic carbocycles. The molecule has 0 aliphatic heterocycles. The van der Waals surface area contributed by atoms with E-state index in [0.717, 1.165) is 25.7 Å². The van der Waals surface area contributed by atoms with Gasteiger partial charge in [-0.2, -0.15) is 0 Å². The minimum atomic E-state index is -3.54. The molecule has 0 radical (unpaired) electrons. The van der Waals surface area contributed by atoms with Crippen LogP contribution in [0, 0.1) is 0 Å². The van der Waals surface area contributed by atoms with Crippen LogP contribution in [0.4, 0.5) is 0 Å². The van der Waals surface area contributed by atoms with Gasteiger partial charge < -0.3 is 9.05 Å². The molecule has 0 amide bonds. The number of nitrogens with zero attached hydrogens (tertiary/aromatic N) is 2. The summed E-state index contributed by atoms with van der Waals surface area (Å²) in [5.74, 6) is 0.0674. The van der Waals surface area contributed by atoms with Crippen LogP contribution in [0.2, 0.25) is 5.02 Å². The first kappa shape index (κ1) is 22.9. The normalized spacial score (nSPS) is 14.4. The van der Waals surface area contributed by atoms with E-state index >= 15 is 0 Å². The average Bonchev–Trinajstić information content (AvgIpc) is 2.87. The molecule has 1 aromatic heterocycles. The third kappa shape index (κ3) is 6.21. The zero-order chi connectivity index (χ0) is 19.1. The zero-order valence-corrected chi connectivity index (χ0v) is 18.6. The van der Waals surface area contributed by atoms with E-state index < -0.39 is 16.3 Å². The quantitative estimate of drug-likeness (QED) is 0.355. The van der Waals surface area contributed by atoms with Crippen molar-refractivity contribution in [1.29, 1.82) is 0 Å². The molecule has 1 atom stereocenters. The number of halogens is 1. The molecule has 0 N–H and O–H groups in total. The van der Waals surface area contributed by atoms with E-state index in [9.17, 15) is 8.42 Å². The first-order chi connectivity index (χ1) is 11.7. The molecule has 6 nitrogen and oxygen atoms in total. The Hall–Kier alpha value is -0.140. The molecule has 1 heterocycles. The third-order valence-corrected chi connectivity index (χ3v) is 9.33. The van der Waals surface area contributed by atoms with Gasteiger partial charge in [0.1, 0.15) is 5.02 Å². The molecule has 10 heteroatoms. The molecular formula is C15H28ClN2O4PS2. The summed E-state index contributed by atoms with van der Waals surface area (Å²) in [5.41, 5.74) is 0. The van der Waals surface area contributed by atoms with Gasteiger partial charge in [-0.15, -0.1) is 5.10 Å². The summed E-state index contributed by atoms with van der Waals surface area (Å²) in [6.07, 6.45) is 5.02. The Kier molecular flexibility index (Phi) is 9.40. The van der Waals surface area contributed by atoms with Gasteiger partial charge in [0.15, 0.2) is 14.9 Å². The number of unbranched alkanes of at least 4 members (excludes halogenated alkanes) is 3. The molecule has 0 fully saturated rings. The number of hydrogen-bond acceptors (Lipinski definition) is 6. The predicted molar refractivity (Wildman–Crippen MR) is 106 cm³/mol. The van der Waals surface area contributed by atoms with Gasteiger partial charge in [-0.3, -0.25) is 0 Å². The molecule has 0 aliphatic rings. The van der Waals surface area contributed by atoms with E-state index in [4.69, 9.17) is 32.5 Å². The fraction of sp³-hybridized carbons (Fsp3) is 0.800. The average molecular weight is 431 g/mol. The molecule has 146 valence electrons. The van der Waals surface area contributed by atoms with E-state index in [1.165, 1.54) is 11.8 Å². The smallest absolute Gasteiger partial charge is 0.258 e. The second-order valence-corrected chi connectivity index (χ2v) is 12.2. The summed E-state index contributed by atoms with van der Waals surface area (Å²) in [6.45, 7) is 3.70. The van der Waals surface area contributed by atoms with E-state index in [2.05, 4.69) is 12.0 Å². The summed E-state index contributed by atoms with van der Waals surface area (Å²) < 4.78 is 37.7. The van der Waals surface area contributed by atoms with Crippen LogP contribution >= 0.6 is 18.1 Å². The second kappa shape index (κ2) is 10.3. The van der Waals surface area contributed by atoms with Gasteiger partial charge in [0.2, 0.25) is 6.49 Å². The van der Waals surface area contributed by atoms with E-state index in [0.29, 0.717) is 19.1 Å². The SMILES string of the molecule is CCCCCCn1nc(OP(=S)(CC)OC)c(Cl)c1S(=O)(=O)CCC. The van der Waals surface area contributed by atoms with Gasteiger partial charge in [-0.25, -0.2) is 13.1 Å². The zero-order valence-electron chi connectivity index (χ0n) is 15.3. The maximum Gasteiger partial charge on any atom is 0.258 e. The largest absolute Gasteiger partial charge is 0.422 e. The number of rotatable bonds is 12. The van der Waals surface area contributed by atoms with Crippen LogP contribution in [-0.2, 0) is 32.7 Å². The van der Waals surface area contributed by atoms with Crippen molar-refractivity contribution in [3.05, 3.63) is 5.02 Å². The molecule has 0 saturated heterocycles. The number of aromatic nitrogens is 2. The lowest BCUT2D eigenvalue weighted by molar-refractivity contribution is 0.384. The molecule has 0 bridgehead atoms. The standard InChI is InChI=1S/C15H28ClN2O4PS2/c1-5-8-9-10-11-18-15(25(19,20)12-6-2)13(16)14(17-18)22-23(24,7-3)21-4/h5-12H2,1-4H3. The minimum Gasteiger partial charge on any atom is -0.422 e. The van der Waals surface area contributed by atoms with E-state index in [1.54, 1.807) is 0 Å². The van der Waals surface area contributed by atoms with Crippen molar-refractivity contribution in [1.82, 2.24) is 9.78 Å². The summed E-state index contributed by atoms with van der Waals surface area (Å²) >= 11 is 11.7. The number of hydrogen-bond donors (Lipinski definition) is 0. The van der Waals surface area contributed by atoms with Crippen molar-refractivity contribution >= 4 is 39.7 Å². The monoisotopic (exact) mass is 430 g/mol. The van der Waals surface area contributed by atoms with Crippen LogP contribution in [0.25, 0.3) is 0 Å². The lowest BCUT2D eigenvalue weighted by Crippen LogP contribution is -2.14. The highest BCUT2D eigenvalue weighted by atomic mass is 35.5. The van der Waals surface area contributed by atoms with E-state index in [-0.39, 0.29) is 21.7 Å². The Balaban J connectivity index is 3.24. The highest BCUT2D eigenvalue weighted by Gasteiger charge is 2.30. The van der Waals surface area contributed by atoms with E-state index in [1.807, 2.05) is 13.8 Å². The fourth-order valence-corrected chi connectivity index (χ4v) is 5.52. The van der Waals surface area contributed by atoms with Gasteiger partial charge in [-0.05, 0) is 24.6 Å². The summed E-state index contributed by atoms with van der Waals surface area (Å²) in [5, 5.41) is 4.33. The maximum absolute atomic E-state index is 12.6. The molecule has 0 spiro atoms. The van der Waals surface area contributed by atoms with Gasteiger partial charge >= 0.3 is 0 Å². The molecule has 1 rings (SSSR count). The summed E-state index contributed by atoms with van der Waals surface area (Å²) in [4.78, 5) is 0. The van der Waals surface area contributed by atoms with Crippen LogP contribution in [0.3, 0.4) is 0 Å². The molecule has 0 aliphatic carbocycles. The van der Waals surface area contributed by atoms with Crippen LogP contribution in [0.5, 0.6) is 5.88 Å². The Morgan fingerprint density at radius 1 is 1.20 bits per heavy atom. The topological polar surface area (TPSA) is 70.4 Å². The summed E-state index contributed by atoms with van der Waals surface area (Å²) in [7, 11) is -2.06. The lowest BCUT2D eigenvalue weighted by Gasteiger charge is -2.17. The fourth-order valence-electron chi connectivity index (χ4n) is 2.33. The van der Waals surface area contributed by atoms with Crippen LogP contribution in [-0.4, -0.2) is 37.2 Å². The van der Waals surface area contributed by atoms with Gasteiger partial charge in [0.05, 0.1) is 5.75 Å². The maximum atomic E-state index is 12.6. The van der Waals surface area contributed by atoms with Crippen molar-refractivity contribution in [2.45, 2.75) is 64.4 Å². The first-order valence-corrected chi connectivity index (χ1v) is 13.4. The van der Waals surface area contributed by atoms with Gasteiger partial charge in [0, 0.05) is 19.8 Å². The highest BCUT2D eigenvalue weighted by Crippen LogP contribution is 2.49. The molecular weight excluding hydrogens is 403 g/mol. The van der Waals surface area contributed by atoms with Gasteiger partial charge in [-0.1, -0.05) is 51.6 Å². The molecule has 1 unspecified atom stereocenters. The Morgan fingerprint density at radius 2 is 1.88 bits per heavy atom. The molecule has 0 saturated carbocycles. The molecule has 1 aromatic rings. The molecule has 25 heavy (non-hydrogen) atoms. The predicted octanol–water partition coefficient (Wildman–Crippen LogP) is 4.66. The van der Waals surface area contributed by atoms with Crippen LogP contribution < -0.4 is 4.52 Å². The first-order valence-electron chi connectivity index (χ1n) is 8.58. The number of aryl methyl sites for hydroxylation is 1. The van der Waals surface area contributed by atoms with Crippen LogP contribution in [0.15, 0.2) is 5.03 Å². The van der Waals surface area contributed by atoms with Crippen molar-refractivity contribution in [2.24, 2.45) is 0 Å². The second-order valence-electron chi connectivity index (χ2n) is 5.73.